The van der Waals surface area contributed by atoms with Gasteiger partial charge in [0.2, 0.25) is 0 Å². The quantitative estimate of drug-likeness (QED) is 0.852. The maximum absolute atomic E-state index is 10.6. The standard InChI is InChI=1S/C6H4Br2O2S/c7-1-3-4(8)2-11-5(3)6(9)10/h2H,1H2,(H,9,10). The molecule has 0 spiro atoms. The topological polar surface area (TPSA) is 37.3 Å². The average Bonchev–Trinajstić information content (AvgIpc) is 2.30. The summed E-state index contributed by atoms with van der Waals surface area (Å²) >= 11 is 7.72. The molecule has 0 aromatic carbocycles. The number of carboxylic acid groups (broad SMARTS) is 1. The van der Waals surface area contributed by atoms with E-state index in [0.29, 0.717) is 10.2 Å². The molecule has 11 heavy (non-hydrogen) atoms. The van der Waals surface area contributed by atoms with Gasteiger partial charge in [-0.05, 0) is 15.9 Å². The predicted octanol–water partition coefficient (Wildman–Crippen LogP) is 3.10. The molecule has 0 bridgehead atoms. The molecule has 0 amide bonds. The van der Waals surface area contributed by atoms with E-state index in [1.54, 1.807) is 5.38 Å². The highest BCUT2D eigenvalue weighted by Crippen LogP contribution is 2.29. The fourth-order valence-corrected chi connectivity index (χ4v) is 3.35. The molecule has 0 aliphatic rings. The van der Waals surface area contributed by atoms with Crippen LogP contribution < -0.4 is 0 Å². The van der Waals surface area contributed by atoms with Gasteiger partial charge in [-0.3, -0.25) is 0 Å². The fourth-order valence-electron chi connectivity index (χ4n) is 0.665. The highest BCUT2D eigenvalue weighted by atomic mass is 79.9. The van der Waals surface area contributed by atoms with Gasteiger partial charge in [0.25, 0.3) is 0 Å². The fraction of sp³-hybridized carbons (Fsp3) is 0.167. The normalized spacial score (nSPS) is 10.0. The van der Waals surface area contributed by atoms with E-state index in [1.807, 2.05) is 0 Å². The first kappa shape index (κ1) is 9.22. The lowest BCUT2D eigenvalue weighted by molar-refractivity contribution is 0.0701. The van der Waals surface area contributed by atoms with Gasteiger partial charge in [-0.1, -0.05) is 15.9 Å². The zero-order valence-electron chi connectivity index (χ0n) is 5.30. The molecule has 0 saturated heterocycles. The van der Waals surface area contributed by atoms with Crippen LogP contribution >= 0.6 is 43.2 Å². The van der Waals surface area contributed by atoms with Crippen LogP contribution in [0.1, 0.15) is 15.2 Å². The zero-order valence-corrected chi connectivity index (χ0v) is 9.29. The number of alkyl halides is 1. The Bertz CT molecular complexity index is 282. The van der Waals surface area contributed by atoms with E-state index in [2.05, 4.69) is 31.9 Å². The highest BCUT2D eigenvalue weighted by Gasteiger charge is 2.13. The second-order valence-corrected chi connectivity index (χ2v) is 4.12. The molecule has 1 aromatic heterocycles. The Balaban J connectivity index is 3.15. The molecule has 0 saturated carbocycles. The third-order valence-electron chi connectivity index (χ3n) is 1.17. The summed E-state index contributed by atoms with van der Waals surface area (Å²) in [7, 11) is 0. The Hall–Kier alpha value is 0.130. The van der Waals surface area contributed by atoms with Crippen LogP contribution in [0, 0.1) is 0 Å². The Kier molecular flexibility index (Phi) is 3.09. The van der Waals surface area contributed by atoms with E-state index in [9.17, 15) is 4.79 Å². The van der Waals surface area contributed by atoms with Crippen molar-refractivity contribution in [2.24, 2.45) is 0 Å². The molecule has 0 aliphatic heterocycles. The lowest BCUT2D eigenvalue weighted by Crippen LogP contribution is -1.95. The van der Waals surface area contributed by atoms with Crippen LogP contribution in [0.15, 0.2) is 9.85 Å². The van der Waals surface area contributed by atoms with Crippen LogP contribution in [0.25, 0.3) is 0 Å². The summed E-state index contributed by atoms with van der Waals surface area (Å²) < 4.78 is 0.858. The summed E-state index contributed by atoms with van der Waals surface area (Å²) in [4.78, 5) is 11.0. The summed E-state index contributed by atoms with van der Waals surface area (Å²) in [5.41, 5.74) is 0.808. The predicted molar refractivity (Wildman–Crippen MR) is 51.6 cm³/mol. The molecule has 1 heterocycles. The first-order valence-electron chi connectivity index (χ1n) is 2.72. The van der Waals surface area contributed by atoms with Crippen molar-refractivity contribution < 1.29 is 9.90 Å². The number of rotatable bonds is 2. The van der Waals surface area contributed by atoms with Crippen LogP contribution in [-0.2, 0) is 5.33 Å². The molecular weight excluding hydrogens is 296 g/mol. The van der Waals surface area contributed by atoms with Crippen molar-refractivity contribution in [2.75, 3.05) is 0 Å². The average molecular weight is 300 g/mol. The Morgan fingerprint density at radius 2 is 2.36 bits per heavy atom. The molecule has 0 atom stereocenters. The van der Waals surface area contributed by atoms with Gasteiger partial charge in [-0.15, -0.1) is 11.3 Å². The van der Waals surface area contributed by atoms with Crippen molar-refractivity contribution in [2.45, 2.75) is 5.33 Å². The Labute approximate surface area is 84.5 Å². The number of halogens is 2. The molecule has 0 radical (unpaired) electrons. The number of hydrogen-bond donors (Lipinski definition) is 1. The van der Waals surface area contributed by atoms with Crippen molar-refractivity contribution >= 4 is 49.2 Å². The second-order valence-electron chi connectivity index (χ2n) is 1.83. The smallest absolute Gasteiger partial charge is 0.346 e. The molecular formula is C6H4Br2O2S. The molecule has 1 rings (SSSR count). The second kappa shape index (κ2) is 3.69. The molecule has 2 nitrogen and oxygen atoms in total. The largest absolute Gasteiger partial charge is 0.477 e. The molecule has 0 aliphatic carbocycles. The van der Waals surface area contributed by atoms with Gasteiger partial charge in [-0.2, -0.15) is 0 Å². The van der Waals surface area contributed by atoms with Gasteiger partial charge in [-0.25, -0.2) is 4.79 Å². The summed E-state index contributed by atoms with van der Waals surface area (Å²) in [6.07, 6.45) is 0. The minimum atomic E-state index is -0.866. The van der Waals surface area contributed by atoms with Gasteiger partial charge < -0.3 is 5.11 Å². The minimum Gasteiger partial charge on any atom is -0.477 e. The molecule has 60 valence electrons. The van der Waals surface area contributed by atoms with Gasteiger partial charge in [0.1, 0.15) is 4.88 Å². The summed E-state index contributed by atoms with van der Waals surface area (Å²) in [5.74, 6) is -0.866. The van der Waals surface area contributed by atoms with Gasteiger partial charge >= 0.3 is 5.97 Å². The molecule has 5 heteroatoms. The third kappa shape index (κ3) is 1.83. The number of hydrogen-bond acceptors (Lipinski definition) is 2. The third-order valence-corrected chi connectivity index (χ3v) is 3.75. The zero-order chi connectivity index (χ0) is 8.43. The lowest BCUT2D eigenvalue weighted by Gasteiger charge is -1.93. The highest BCUT2D eigenvalue weighted by molar-refractivity contribution is 9.10. The van der Waals surface area contributed by atoms with Gasteiger partial charge in [0, 0.05) is 20.7 Å². The first-order valence-corrected chi connectivity index (χ1v) is 5.51. The van der Waals surface area contributed by atoms with E-state index in [0.717, 1.165) is 10.0 Å². The maximum Gasteiger partial charge on any atom is 0.346 e. The van der Waals surface area contributed by atoms with E-state index < -0.39 is 5.97 Å². The van der Waals surface area contributed by atoms with Crippen molar-refractivity contribution in [1.82, 2.24) is 0 Å². The van der Waals surface area contributed by atoms with Crippen molar-refractivity contribution in [3.8, 4) is 0 Å². The first-order chi connectivity index (χ1) is 5.16. The monoisotopic (exact) mass is 298 g/mol. The number of carboxylic acids is 1. The van der Waals surface area contributed by atoms with E-state index in [4.69, 9.17) is 5.11 Å². The summed E-state index contributed by atoms with van der Waals surface area (Å²) in [6.45, 7) is 0. The van der Waals surface area contributed by atoms with E-state index in [1.165, 1.54) is 11.3 Å². The van der Waals surface area contributed by atoms with Crippen LogP contribution in [-0.4, -0.2) is 11.1 Å². The number of aromatic carboxylic acids is 1. The van der Waals surface area contributed by atoms with Gasteiger partial charge in [0.15, 0.2) is 0 Å². The molecule has 1 aromatic rings. The Morgan fingerprint density at radius 1 is 1.73 bits per heavy atom. The lowest BCUT2D eigenvalue weighted by atomic mass is 10.3. The SMILES string of the molecule is O=C(O)c1scc(Br)c1CBr. The van der Waals surface area contributed by atoms with Crippen LogP contribution in [0.4, 0.5) is 0 Å². The van der Waals surface area contributed by atoms with Crippen LogP contribution in [0.3, 0.4) is 0 Å². The summed E-state index contributed by atoms with van der Waals surface area (Å²) in [5, 5.41) is 11.0. The van der Waals surface area contributed by atoms with Gasteiger partial charge in [0.05, 0.1) is 0 Å². The maximum atomic E-state index is 10.6. The van der Waals surface area contributed by atoms with Crippen molar-refractivity contribution in [1.29, 1.82) is 0 Å². The van der Waals surface area contributed by atoms with E-state index in [-0.39, 0.29) is 0 Å². The van der Waals surface area contributed by atoms with Crippen molar-refractivity contribution in [3.63, 3.8) is 0 Å². The molecule has 1 N–H and O–H groups in total. The Morgan fingerprint density at radius 3 is 2.73 bits per heavy atom. The molecule has 0 fully saturated rings. The van der Waals surface area contributed by atoms with E-state index >= 15 is 0 Å². The number of carbonyl (C=O) groups is 1. The molecule has 0 unspecified atom stereocenters. The van der Waals surface area contributed by atoms with Crippen molar-refractivity contribution in [3.05, 3.63) is 20.3 Å². The number of thiophene rings is 1. The summed E-state index contributed by atoms with van der Waals surface area (Å²) in [6, 6.07) is 0. The minimum absolute atomic E-state index is 0.397. The van der Waals surface area contributed by atoms with Crippen LogP contribution in [0.5, 0.6) is 0 Å². The van der Waals surface area contributed by atoms with Crippen LogP contribution in [0.2, 0.25) is 0 Å².